The van der Waals surface area contributed by atoms with Crippen molar-refractivity contribution < 1.29 is 21.6 Å². The number of benzene rings is 1. The molecule has 0 amide bonds. The molecule has 0 aliphatic rings. The number of rotatable bonds is 6. The fourth-order valence-electron chi connectivity index (χ4n) is 1.56. The van der Waals surface area contributed by atoms with E-state index in [1.54, 1.807) is 0 Å². The van der Waals surface area contributed by atoms with Gasteiger partial charge in [0.05, 0.1) is 10.5 Å². The van der Waals surface area contributed by atoms with Gasteiger partial charge in [0, 0.05) is 19.1 Å². The molecule has 0 saturated heterocycles. The molecular weight excluding hydrogens is 293 g/mol. The molecule has 0 aromatic heterocycles. The summed E-state index contributed by atoms with van der Waals surface area (Å²) in [7, 11) is -4.18. The van der Waals surface area contributed by atoms with Crippen molar-refractivity contribution in [3.8, 4) is 0 Å². The highest BCUT2D eigenvalue weighted by molar-refractivity contribution is 7.89. The van der Waals surface area contributed by atoms with E-state index in [0.717, 1.165) is 18.2 Å². The van der Waals surface area contributed by atoms with Crippen molar-refractivity contribution >= 4 is 10.0 Å². The molecule has 4 nitrogen and oxygen atoms in total. The molecule has 0 heterocycles. The average molecular weight is 310 g/mol. The largest absolute Gasteiger partial charge is 0.417 e. The summed E-state index contributed by atoms with van der Waals surface area (Å²) in [6.45, 7) is 4.12. The predicted molar refractivity (Wildman–Crippen MR) is 69.8 cm³/mol. The second kappa shape index (κ2) is 6.55. The molecule has 0 atom stereocenters. The Hall–Kier alpha value is -1.12. The number of nitrogens with one attached hydrogen (secondary N) is 2. The van der Waals surface area contributed by atoms with Gasteiger partial charge in [-0.2, -0.15) is 13.2 Å². The molecule has 0 radical (unpaired) electrons. The van der Waals surface area contributed by atoms with Crippen LogP contribution in [0.4, 0.5) is 13.2 Å². The van der Waals surface area contributed by atoms with E-state index in [9.17, 15) is 21.6 Å². The molecule has 0 unspecified atom stereocenters. The van der Waals surface area contributed by atoms with Crippen molar-refractivity contribution in [2.45, 2.75) is 31.0 Å². The van der Waals surface area contributed by atoms with Crippen LogP contribution in [-0.4, -0.2) is 27.5 Å². The lowest BCUT2D eigenvalue weighted by molar-refractivity contribution is -0.139. The molecule has 8 heteroatoms. The molecule has 20 heavy (non-hydrogen) atoms. The summed E-state index contributed by atoms with van der Waals surface area (Å²) in [5.41, 5.74) is -1.16. The summed E-state index contributed by atoms with van der Waals surface area (Å²) in [5, 5.41) is 2.97. The van der Waals surface area contributed by atoms with Crippen molar-refractivity contribution in [1.29, 1.82) is 0 Å². The minimum atomic E-state index is -4.71. The fraction of sp³-hybridized carbons (Fsp3) is 0.500. The van der Waals surface area contributed by atoms with Crippen LogP contribution in [-0.2, 0) is 16.2 Å². The monoisotopic (exact) mass is 310 g/mol. The third kappa shape index (κ3) is 4.77. The van der Waals surface area contributed by atoms with E-state index in [0.29, 0.717) is 6.54 Å². The Kier molecular flexibility index (Phi) is 5.55. The number of hydrogen-bond donors (Lipinski definition) is 2. The quantitative estimate of drug-likeness (QED) is 0.790. The molecule has 114 valence electrons. The van der Waals surface area contributed by atoms with Crippen LogP contribution in [0.25, 0.3) is 0 Å². The third-order valence-electron chi connectivity index (χ3n) is 2.45. The predicted octanol–water partition coefficient (Wildman–Crippen LogP) is 1.98. The highest BCUT2D eigenvalue weighted by Gasteiger charge is 2.36. The molecule has 1 rings (SSSR count). The van der Waals surface area contributed by atoms with E-state index in [-0.39, 0.29) is 12.6 Å². The second-order valence-corrected chi connectivity index (χ2v) is 6.24. The minimum absolute atomic E-state index is 0.0205. The van der Waals surface area contributed by atoms with E-state index >= 15 is 0 Å². The standard InChI is InChI=1S/C12H17F3N2O2S/c1-9(2)16-7-8-17-20(18,19)11-6-4-3-5-10(11)12(13,14)15/h3-6,9,16-17H,7-8H2,1-2H3. The zero-order chi connectivity index (χ0) is 15.4. The number of hydrogen-bond acceptors (Lipinski definition) is 3. The van der Waals surface area contributed by atoms with Crippen LogP contribution >= 0.6 is 0 Å². The van der Waals surface area contributed by atoms with Gasteiger partial charge in [0.1, 0.15) is 0 Å². The summed E-state index contributed by atoms with van der Waals surface area (Å²) in [4.78, 5) is -0.753. The molecule has 0 aliphatic heterocycles. The van der Waals surface area contributed by atoms with Crippen LogP contribution in [0.1, 0.15) is 19.4 Å². The Morgan fingerprint density at radius 3 is 2.30 bits per heavy atom. The first-order chi connectivity index (χ1) is 9.14. The first-order valence-electron chi connectivity index (χ1n) is 6.04. The zero-order valence-electron chi connectivity index (χ0n) is 11.2. The van der Waals surface area contributed by atoms with Crippen LogP contribution < -0.4 is 10.0 Å². The summed E-state index contributed by atoms with van der Waals surface area (Å²) in [5.74, 6) is 0. The first kappa shape index (κ1) is 16.9. The Bertz CT molecular complexity index is 542. The van der Waals surface area contributed by atoms with Crippen molar-refractivity contribution in [2.75, 3.05) is 13.1 Å². The molecule has 0 saturated carbocycles. The Balaban J connectivity index is 2.88. The number of alkyl halides is 3. The van der Waals surface area contributed by atoms with Gasteiger partial charge in [-0.15, -0.1) is 0 Å². The van der Waals surface area contributed by atoms with E-state index in [4.69, 9.17) is 0 Å². The SMILES string of the molecule is CC(C)NCCNS(=O)(=O)c1ccccc1C(F)(F)F. The number of halogens is 3. The maximum absolute atomic E-state index is 12.8. The summed E-state index contributed by atoms with van der Waals surface area (Å²) >= 11 is 0. The molecule has 2 N–H and O–H groups in total. The lowest BCUT2D eigenvalue weighted by Crippen LogP contribution is -2.35. The molecule has 1 aromatic rings. The first-order valence-corrected chi connectivity index (χ1v) is 7.52. The van der Waals surface area contributed by atoms with Crippen molar-refractivity contribution in [3.63, 3.8) is 0 Å². The molecular formula is C12H17F3N2O2S. The van der Waals surface area contributed by atoms with E-state index in [1.165, 1.54) is 6.07 Å². The van der Waals surface area contributed by atoms with Gasteiger partial charge >= 0.3 is 6.18 Å². The van der Waals surface area contributed by atoms with Crippen molar-refractivity contribution in [1.82, 2.24) is 10.0 Å². The van der Waals surface area contributed by atoms with Gasteiger partial charge < -0.3 is 5.32 Å². The second-order valence-electron chi connectivity index (χ2n) is 4.50. The normalized spacial score (nSPS) is 12.9. The van der Waals surface area contributed by atoms with Crippen molar-refractivity contribution in [3.05, 3.63) is 29.8 Å². The molecule has 0 aliphatic carbocycles. The molecule has 0 fully saturated rings. The Labute approximate surface area is 116 Å². The fourth-order valence-corrected chi connectivity index (χ4v) is 2.82. The van der Waals surface area contributed by atoms with Gasteiger partial charge in [-0.25, -0.2) is 13.1 Å². The Morgan fingerprint density at radius 2 is 1.75 bits per heavy atom. The lowest BCUT2D eigenvalue weighted by atomic mass is 10.2. The molecule has 0 bridgehead atoms. The molecule has 0 spiro atoms. The lowest BCUT2D eigenvalue weighted by Gasteiger charge is -2.14. The van der Waals surface area contributed by atoms with Gasteiger partial charge in [-0.1, -0.05) is 26.0 Å². The van der Waals surface area contributed by atoms with Gasteiger partial charge in [0.15, 0.2) is 0 Å². The maximum Gasteiger partial charge on any atom is 0.417 e. The maximum atomic E-state index is 12.8. The van der Waals surface area contributed by atoms with Crippen molar-refractivity contribution in [2.24, 2.45) is 0 Å². The third-order valence-corrected chi connectivity index (χ3v) is 3.97. The van der Waals surface area contributed by atoms with Gasteiger partial charge in [0.25, 0.3) is 0 Å². The van der Waals surface area contributed by atoms with Crippen LogP contribution in [0.5, 0.6) is 0 Å². The summed E-state index contributed by atoms with van der Waals surface area (Å²) < 4.78 is 64.3. The van der Waals surface area contributed by atoms with Crippen LogP contribution in [0.3, 0.4) is 0 Å². The van der Waals surface area contributed by atoms with Crippen LogP contribution in [0, 0.1) is 0 Å². The Morgan fingerprint density at radius 1 is 1.15 bits per heavy atom. The van der Waals surface area contributed by atoms with Gasteiger partial charge in [0.2, 0.25) is 10.0 Å². The molecule has 1 aromatic carbocycles. The van der Waals surface area contributed by atoms with Gasteiger partial charge in [-0.05, 0) is 12.1 Å². The number of sulfonamides is 1. The zero-order valence-corrected chi connectivity index (χ0v) is 12.0. The highest BCUT2D eigenvalue weighted by Crippen LogP contribution is 2.33. The van der Waals surface area contributed by atoms with E-state index in [1.807, 2.05) is 13.8 Å². The minimum Gasteiger partial charge on any atom is -0.313 e. The highest BCUT2D eigenvalue weighted by atomic mass is 32.2. The smallest absolute Gasteiger partial charge is 0.313 e. The van der Waals surface area contributed by atoms with E-state index in [2.05, 4.69) is 10.0 Å². The van der Waals surface area contributed by atoms with Gasteiger partial charge in [-0.3, -0.25) is 0 Å². The van der Waals surface area contributed by atoms with Crippen LogP contribution in [0.2, 0.25) is 0 Å². The topological polar surface area (TPSA) is 58.2 Å². The van der Waals surface area contributed by atoms with E-state index < -0.39 is 26.7 Å². The average Bonchev–Trinajstić information content (AvgIpc) is 2.33. The van der Waals surface area contributed by atoms with Crippen LogP contribution in [0.15, 0.2) is 29.2 Å². The summed E-state index contributed by atoms with van der Waals surface area (Å²) in [6, 6.07) is 4.28. The summed E-state index contributed by atoms with van der Waals surface area (Å²) in [6.07, 6.45) is -4.71.